The topological polar surface area (TPSA) is 58.5 Å². The molecule has 6 heteroatoms. The molecule has 0 radical (unpaired) electrons. The van der Waals surface area contributed by atoms with Gasteiger partial charge >= 0.3 is 0 Å². The van der Waals surface area contributed by atoms with E-state index < -0.39 is 0 Å². The Labute approximate surface area is 159 Å². The lowest BCUT2D eigenvalue weighted by Crippen LogP contribution is -2.38. The van der Waals surface area contributed by atoms with E-state index in [0.29, 0.717) is 6.54 Å². The van der Waals surface area contributed by atoms with Crippen LogP contribution in [0.15, 0.2) is 34.6 Å². The van der Waals surface area contributed by atoms with E-state index in [-0.39, 0.29) is 0 Å². The highest BCUT2D eigenvalue weighted by molar-refractivity contribution is 7.09. The number of hydrogen-bond acceptors (Lipinski definition) is 4. The van der Waals surface area contributed by atoms with E-state index >= 15 is 0 Å². The molecule has 140 valence electrons. The summed E-state index contributed by atoms with van der Waals surface area (Å²) in [5.41, 5.74) is 2.26. The van der Waals surface area contributed by atoms with Gasteiger partial charge in [0, 0.05) is 30.5 Å². The zero-order valence-electron chi connectivity index (χ0n) is 15.6. The predicted octanol–water partition coefficient (Wildman–Crippen LogP) is 3.54. The Morgan fingerprint density at radius 3 is 2.88 bits per heavy atom. The highest BCUT2D eigenvalue weighted by atomic mass is 32.1. The summed E-state index contributed by atoms with van der Waals surface area (Å²) in [7, 11) is 0. The summed E-state index contributed by atoms with van der Waals surface area (Å²) in [6, 6.07) is 8.19. The molecule has 2 N–H and O–H groups in total. The zero-order chi connectivity index (χ0) is 18.2. The first-order chi connectivity index (χ1) is 12.7. The van der Waals surface area contributed by atoms with Crippen molar-refractivity contribution in [3.05, 3.63) is 45.9 Å². The Morgan fingerprint density at radius 2 is 2.15 bits per heavy atom. The van der Waals surface area contributed by atoms with Crippen LogP contribution in [0.2, 0.25) is 0 Å². The Kier molecular flexibility index (Phi) is 6.89. The van der Waals surface area contributed by atoms with Crippen LogP contribution in [-0.4, -0.2) is 30.6 Å². The van der Waals surface area contributed by atoms with Crippen molar-refractivity contribution in [2.45, 2.75) is 39.7 Å². The summed E-state index contributed by atoms with van der Waals surface area (Å²) in [5.74, 6) is 2.54. The number of rotatable bonds is 9. The SMILES string of the molecule is CCNC(=NCc1ccccc1OCC1CC1)NCCc1csc(C)n1. The zero-order valence-corrected chi connectivity index (χ0v) is 16.4. The lowest BCUT2D eigenvalue weighted by atomic mass is 10.2. The molecule has 1 saturated carbocycles. The second-order valence-electron chi connectivity index (χ2n) is 6.59. The second kappa shape index (κ2) is 9.57. The number of nitrogens with one attached hydrogen (secondary N) is 2. The second-order valence-corrected chi connectivity index (χ2v) is 7.65. The number of benzene rings is 1. The van der Waals surface area contributed by atoms with Crippen molar-refractivity contribution in [2.24, 2.45) is 10.9 Å². The average molecular weight is 373 g/mol. The molecule has 0 spiro atoms. The summed E-state index contributed by atoms with van der Waals surface area (Å²) in [6.07, 6.45) is 3.50. The summed E-state index contributed by atoms with van der Waals surface area (Å²) in [5, 5.41) is 9.93. The quantitative estimate of drug-likeness (QED) is 0.522. The summed E-state index contributed by atoms with van der Waals surface area (Å²) >= 11 is 1.69. The minimum Gasteiger partial charge on any atom is -0.493 e. The number of guanidine groups is 1. The maximum atomic E-state index is 5.98. The molecular weight excluding hydrogens is 344 g/mol. The number of thiazole rings is 1. The Balaban J connectivity index is 1.54. The van der Waals surface area contributed by atoms with Gasteiger partial charge in [-0.2, -0.15) is 0 Å². The minimum absolute atomic E-state index is 0.603. The highest BCUT2D eigenvalue weighted by Crippen LogP contribution is 2.30. The van der Waals surface area contributed by atoms with Crippen LogP contribution in [0.4, 0.5) is 0 Å². The van der Waals surface area contributed by atoms with Gasteiger partial charge in [0.25, 0.3) is 0 Å². The maximum absolute atomic E-state index is 5.98. The van der Waals surface area contributed by atoms with Crippen LogP contribution in [0.5, 0.6) is 5.75 Å². The third kappa shape index (κ3) is 6.02. The van der Waals surface area contributed by atoms with Crippen LogP contribution >= 0.6 is 11.3 Å². The maximum Gasteiger partial charge on any atom is 0.191 e. The van der Waals surface area contributed by atoms with E-state index in [1.165, 1.54) is 12.8 Å². The first kappa shape index (κ1) is 18.7. The fourth-order valence-corrected chi connectivity index (χ4v) is 3.25. The number of para-hydroxylation sites is 1. The van der Waals surface area contributed by atoms with Gasteiger partial charge < -0.3 is 15.4 Å². The number of aromatic nitrogens is 1. The number of hydrogen-bond donors (Lipinski definition) is 2. The predicted molar refractivity (Wildman–Crippen MR) is 108 cm³/mol. The van der Waals surface area contributed by atoms with E-state index in [4.69, 9.17) is 9.73 Å². The number of aliphatic imine (C=N–C) groups is 1. The smallest absolute Gasteiger partial charge is 0.191 e. The van der Waals surface area contributed by atoms with Crippen LogP contribution in [0.25, 0.3) is 0 Å². The van der Waals surface area contributed by atoms with E-state index in [9.17, 15) is 0 Å². The molecule has 26 heavy (non-hydrogen) atoms. The lowest BCUT2D eigenvalue weighted by Gasteiger charge is -2.12. The molecular formula is C20H28N4OS. The largest absolute Gasteiger partial charge is 0.493 e. The fourth-order valence-electron chi connectivity index (χ4n) is 2.61. The van der Waals surface area contributed by atoms with Crippen LogP contribution in [0.3, 0.4) is 0 Å². The average Bonchev–Trinajstić information content (AvgIpc) is 3.39. The Hall–Kier alpha value is -2.08. The Bertz CT molecular complexity index is 724. The molecule has 0 aliphatic heterocycles. The standard InChI is InChI=1S/C20H28N4OS/c1-3-21-20(22-11-10-18-14-26-15(2)24-18)23-12-17-6-4-5-7-19(17)25-13-16-8-9-16/h4-7,14,16H,3,8-13H2,1-2H3,(H2,21,22,23). The van der Waals surface area contributed by atoms with Gasteiger partial charge in [-0.1, -0.05) is 18.2 Å². The van der Waals surface area contributed by atoms with Crippen molar-refractivity contribution in [1.29, 1.82) is 0 Å². The number of nitrogens with zero attached hydrogens (tertiary/aromatic N) is 2. The monoisotopic (exact) mass is 372 g/mol. The molecule has 0 unspecified atom stereocenters. The van der Waals surface area contributed by atoms with Crippen LogP contribution in [0.1, 0.15) is 36.0 Å². The van der Waals surface area contributed by atoms with Crippen LogP contribution in [0, 0.1) is 12.8 Å². The van der Waals surface area contributed by atoms with E-state index in [2.05, 4.69) is 34.0 Å². The summed E-state index contributed by atoms with van der Waals surface area (Å²) < 4.78 is 5.98. The van der Waals surface area contributed by atoms with Gasteiger partial charge in [-0.15, -0.1) is 11.3 Å². The van der Waals surface area contributed by atoms with Crippen molar-refractivity contribution >= 4 is 17.3 Å². The molecule has 1 aromatic carbocycles. The molecule has 0 bridgehead atoms. The normalized spacial score (nSPS) is 14.3. The molecule has 1 aliphatic rings. The van der Waals surface area contributed by atoms with E-state index in [0.717, 1.165) is 60.0 Å². The van der Waals surface area contributed by atoms with Gasteiger partial charge in [0.05, 0.1) is 23.9 Å². The highest BCUT2D eigenvalue weighted by Gasteiger charge is 2.22. The molecule has 0 saturated heterocycles. The van der Waals surface area contributed by atoms with E-state index in [1.807, 2.05) is 25.1 Å². The minimum atomic E-state index is 0.603. The van der Waals surface area contributed by atoms with Crippen molar-refractivity contribution in [3.8, 4) is 5.75 Å². The van der Waals surface area contributed by atoms with Gasteiger partial charge in [0.15, 0.2) is 5.96 Å². The molecule has 1 aromatic heterocycles. The van der Waals surface area contributed by atoms with Crippen molar-refractivity contribution in [1.82, 2.24) is 15.6 Å². The van der Waals surface area contributed by atoms with Crippen molar-refractivity contribution in [2.75, 3.05) is 19.7 Å². The fraction of sp³-hybridized carbons (Fsp3) is 0.500. The molecule has 1 fully saturated rings. The molecule has 0 atom stereocenters. The van der Waals surface area contributed by atoms with E-state index in [1.54, 1.807) is 11.3 Å². The third-order valence-electron chi connectivity index (χ3n) is 4.24. The Morgan fingerprint density at radius 1 is 1.31 bits per heavy atom. The molecule has 1 heterocycles. The molecule has 2 aromatic rings. The van der Waals surface area contributed by atoms with Crippen LogP contribution < -0.4 is 15.4 Å². The number of aryl methyl sites for hydroxylation is 1. The molecule has 3 rings (SSSR count). The van der Waals surface area contributed by atoms with Gasteiger partial charge in [0.2, 0.25) is 0 Å². The van der Waals surface area contributed by atoms with Gasteiger partial charge in [-0.3, -0.25) is 0 Å². The first-order valence-corrected chi connectivity index (χ1v) is 10.3. The van der Waals surface area contributed by atoms with Crippen molar-refractivity contribution < 1.29 is 4.74 Å². The summed E-state index contributed by atoms with van der Waals surface area (Å²) in [6.45, 7) is 7.19. The lowest BCUT2D eigenvalue weighted by molar-refractivity contribution is 0.297. The molecule has 0 amide bonds. The molecule has 5 nitrogen and oxygen atoms in total. The third-order valence-corrected chi connectivity index (χ3v) is 5.06. The first-order valence-electron chi connectivity index (χ1n) is 9.38. The van der Waals surface area contributed by atoms with Gasteiger partial charge in [-0.25, -0.2) is 9.98 Å². The van der Waals surface area contributed by atoms with Gasteiger partial charge in [0.1, 0.15) is 5.75 Å². The van der Waals surface area contributed by atoms with Crippen molar-refractivity contribution in [3.63, 3.8) is 0 Å². The van der Waals surface area contributed by atoms with Gasteiger partial charge in [-0.05, 0) is 38.7 Å². The number of ether oxygens (including phenoxy) is 1. The van der Waals surface area contributed by atoms with Crippen LogP contribution in [-0.2, 0) is 13.0 Å². The molecule has 1 aliphatic carbocycles. The summed E-state index contributed by atoms with van der Waals surface area (Å²) in [4.78, 5) is 9.22.